The van der Waals surface area contributed by atoms with Crippen LogP contribution in [0.3, 0.4) is 0 Å². The van der Waals surface area contributed by atoms with Crippen molar-refractivity contribution < 1.29 is 19.0 Å². The standard InChI is InChI=1S/C17H18N2O4/c1-21-15-9-8-14(11-18-19-17(20)22-2)10-16(15)23-12-13-6-4-3-5-7-13/h3-11H,12H2,1-2H3,(H,19,20)/b18-11+. The number of hydrogen-bond donors (Lipinski definition) is 1. The van der Waals surface area contributed by atoms with Gasteiger partial charge in [0.1, 0.15) is 6.61 Å². The fourth-order valence-corrected chi connectivity index (χ4v) is 1.83. The van der Waals surface area contributed by atoms with E-state index in [0.29, 0.717) is 18.1 Å². The average Bonchev–Trinajstić information content (AvgIpc) is 2.60. The maximum Gasteiger partial charge on any atom is 0.427 e. The van der Waals surface area contributed by atoms with Gasteiger partial charge in [0, 0.05) is 0 Å². The highest BCUT2D eigenvalue weighted by Gasteiger charge is 2.06. The Kier molecular flexibility index (Phi) is 5.99. The maximum atomic E-state index is 10.9. The number of carbonyl (C=O) groups excluding carboxylic acids is 1. The summed E-state index contributed by atoms with van der Waals surface area (Å²) in [6, 6.07) is 15.2. The zero-order chi connectivity index (χ0) is 16.5. The Morgan fingerprint density at radius 1 is 1.13 bits per heavy atom. The van der Waals surface area contributed by atoms with Crippen molar-refractivity contribution in [1.29, 1.82) is 0 Å². The van der Waals surface area contributed by atoms with Crippen molar-refractivity contribution in [3.63, 3.8) is 0 Å². The van der Waals surface area contributed by atoms with Crippen molar-refractivity contribution in [2.75, 3.05) is 14.2 Å². The molecule has 0 aliphatic rings. The molecule has 0 aliphatic heterocycles. The second-order valence-corrected chi connectivity index (χ2v) is 4.55. The van der Waals surface area contributed by atoms with Gasteiger partial charge in [-0.3, -0.25) is 0 Å². The summed E-state index contributed by atoms with van der Waals surface area (Å²) in [7, 11) is 2.85. The lowest BCUT2D eigenvalue weighted by Gasteiger charge is -2.11. The predicted molar refractivity (Wildman–Crippen MR) is 86.9 cm³/mol. The first-order valence-electron chi connectivity index (χ1n) is 6.94. The molecule has 23 heavy (non-hydrogen) atoms. The van der Waals surface area contributed by atoms with Gasteiger partial charge >= 0.3 is 6.09 Å². The summed E-state index contributed by atoms with van der Waals surface area (Å²) in [6.07, 6.45) is 0.862. The zero-order valence-electron chi connectivity index (χ0n) is 13.0. The van der Waals surface area contributed by atoms with E-state index in [2.05, 4.69) is 15.3 Å². The number of rotatable bonds is 6. The van der Waals surface area contributed by atoms with Gasteiger partial charge in [-0.2, -0.15) is 5.10 Å². The van der Waals surface area contributed by atoms with E-state index in [9.17, 15) is 4.79 Å². The van der Waals surface area contributed by atoms with Crippen LogP contribution in [0.5, 0.6) is 11.5 Å². The van der Waals surface area contributed by atoms with Crippen LogP contribution in [0.25, 0.3) is 0 Å². The van der Waals surface area contributed by atoms with Gasteiger partial charge in [0.05, 0.1) is 20.4 Å². The largest absolute Gasteiger partial charge is 0.493 e. The second-order valence-electron chi connectivity index (χ2n) is 4.55. The van der Waals surface area contributed by atoms with Crippen LogP contribution in [0.2, 0.25) is 0 Å². The number of benzene rings is 2. The first kappa shape index (κ1) is 16.4. The van der Waals surface area contributed by atoms with E-state index in [4.69, 9.17) is 9.47 Å². The fourth-order valence-electron chi connectivity index (χ4n) is 1.83. The molecule has 0 heterocycles. The molecule has 0 unspecified atom stereocenters. The minimum absolute atomic E-state index is 0.429. The minimum Gasteiger partial charge on any atom is -0.493 e. The van der Waals surface area contributed by atoms with E-state index < -0.39 is 6.09 Å². The Morgan fingerprint density at radius 3 is 2.61 bits per heavy atom. The summed E-state index contributed by atoms with van der Waals surface area (Å²) in [5.41, 5.74) is 4.03. The third-order valence-corrected chi connectivity index (χ3v) is 2.98. The van der Waals surface area contributed by atoms with Gasteiger partial charge in [-0.1, -0.05) is 30.3 Å². The van der Waals surface area contributed by atoms with Gasteiger partial charge in [-0.15, -0.1) is 0 Å². The van der Waals surface area contributed by atoms with Crippen LogP contribution in [0.15, 0.2) is 53.6 Å². The van der Waals surface area contributed by atoms with Gasteiger partial charge in [-0.05, 0) is 29.3 Å². The quantitative estimate of drug-likeness (QED) is 0.657. The van der Waals surface area contributed by atoms with E-state index in [1.165, 1.54) is 13.3 Å². The van der Waals surface area contributed by atoms with Crippen molar-refractivity contribution in [2.45, 2.75) is 6.61 Å². The van der Waals surface area contributed by atoms with Gasteiger partial charge in [-0.25, -0.2) is 10.2 Å². The predicted octanol–water partition coefficient (Wildman–Crippen LogP) is 2.96. The van der Waals surface area contributed by atoms with Gasteiger partial charge < -0.3 is 14.2 Å². The van der Waals surface area contributed by atoms with Crippen LogP contribution < -0.4 is 14.9 Å². The molecule has 2 aromatic rings. The average molecular weight is 314 g/mol. The number of hydrazone groups is 1. The minimum atomic E-state index is -0.629. The number of carbonyl (C=O) groups is 1. The molecular formula is C17H18N2O4. The van der Waals surface area contributed by atoms with Crippen LogP contribution in [-0.4, -0.2) is 26.5 Å². The van der Waals surface area contributed by atoms with Crippen molar-refractivity contribution in [3.8, 4) is 11.5 Å². The summed E-state index contributed by atoms with van der Waals surface area (Å²) in [6.45, 7) is 0.429. The Balaban J connectivity index is 2.07. The highest BCUT2D eigenvalue weighted by Crippen LogP contribution is 2.28. The summed E-state index contributed by atoms with van der Waals surface area (Å²) in [5.74, 6) is 1.22. The molecule has 6 nitrogen and oxygen atoms in total. The number of nitrogens with zero attached hydrogens (tertiary/aromatic N) is 1. The third-order valence-electron chi connectivity index (χ3n) is 2.98. The third kappa shape index (κ3) is 5.03. The Hall–Kier alpha value is -3.02. The molecule has 0 aliphatic carbocycles. The fraction of sp³-hybridized carbons (Fsp3) is 0.176. The Morgan fingerprint density at radius 2 is 1.91 bits per heavy atom. The molecule has 0 saturated carbocycles. The number of nitrogens with one attached hydrogen (secondary N) is 1. The highest BCUT2D eigenvalue weighted by molar-refractivity contribution is 5.82. The van der Waals surface area contributed by atoms with Crippen molar-refractivity contribution >= 4 is 12.3 Å². The van der Waals surface area contributed by atoms with Crippen molar-refractivity contribution in [1.82, 2.24) is 5.43 Å². The first-order valence-corrected chi connectivity index (χ1v) is 6.94. The molecule has 0 spiro atoms. The lowest BCUT2D eigenvalue weighted by Crippen LogP contribution is -2.16. The monoisotopic (exact) mass is 314 g/mol. The van der Waals surface area contributed by atoms with Gasteiger partial charge in [0.15, 0.2) is 11.5 Å². The molecule has 0 saturated heterocycles. The smallest absolute Gasteiger partial charge is 0.427 e. The van der Waals surface area contributed by atoms with E-state index >= 15 is 0 Å². The van der Waals surface area contributed by atoms with Crippen LogP contribution in [0.1, 0.15) is 11.1 Å². The molecule has 0 fully saturated rings. The Labute approximate surface area is 134 Å². The topological polar surface area (TPSA) is 69.2 Å². The molecule has 0 atom stereocenters. The summed E-state index contributed by atoms with van der Waals surface area (Å²) in [4.78, 5) is 10.9. The molecule has 2 aromatic carbocycles. The molecule has 1 amide bonds. The first-order chi connectivity index (χ1) is 11.2. The molecule has 2 rings (SSSR count). The molecule has 0 radical (unpaired) electrons. The van der Waals surface area contributed by atoms with Crippen LogP contribution in [0.4, 0.5) is 4.79 Å². The molecule has 0 bridgehead atoms. The van der Waals surface area contributed by atoms with Crippen LogP contribution in [0, 0.1) is 0 Å². The van der Waals surface area contributed by atoms with E-state index in [-0.39, 0.29) is 0 Å². The Bertz CT molecular complexity index is 672. The summed E-state index contributed by atoms with van der Waals surface area (Å²) in [5, 5.41) is 3.78. The van der Waals surface area contributed by atoms with Crippen LogP contribution in [-0.2, 0) is 11.3 Å². The molecule has 0 aromatic heterocycles. The van der Waals surface area contributed by atoms with Gasteiger partial charge in [0.25, 0.3) is 0 Å². The maximum absolute atomic E-state index is 10.9. The van der Waals surface area contributed by atoms with Crippen LogP contribution >= 0.6 is 0 Å². The molecular weight excluding hydrogens is 296 g/mol. The highest BCUT2D eigenvalue weighted by atomic mass is 16.5. The lowest BCUT2D eigenvalue weighted by atomic mass is 10.2. The summed E-state index contributed by atoms with van der Waals surface area (Å²) >= 11 is 0. The molecule has 6 heteroatoms. The number of amides is 1. The number of methoxy groups -OCH3 is 2. The molecule has 120 valence electrons. The zero-order valence-corrected chi connectivity index (χ0v) is 13.0. The van der Waals surface area contributed by atoms with Crippen molar-refractivity contribution in [2.24, 2.45) is 5.10 Å². The second kappa shape index (κ2) is 8.43. The van der Waals surface area contributed by atoms with E-state index in [0.717, 1.165) is 11.1 Å². The molecule has 1 N–H and O–H groups in total. The summed E-state index contributed by atoms with van der Waals surface area (Å²) < 4.78 is 15.5. The van der Waals surface area contributed by atoms with E-state index in [1.807, 2.05) is 30.3 Å². The lowest BCUT2D eigenvalue weighted by molar-refractivity contribution is 0.171. The van der Waals surface area contributed by atoms with E-state index in [1.54, 1.807) is 25.3 Å². The normalized spacial score (nSPS) is 10.3. The SMILES string of the molecule is COC(=O)N/N=C/c1ccc(OC)c(OCc2ccccc2)c1. The number of ether oxygens (including phenoxy) is 3. The van der Waals surface area contributed by atoms with Crippen molar-refractivity contribution in [3.05, 3.63) is 59.7 Å². The number of hydrogen-bond acceptors (Lipinski definition) is 5. The van der Waals surface area contributed by atoms with Gasteiger partial charge in [0.2, 0.25) is 0 Å².